The van der Waals surface area contributed by atoms with Gasteiger partial charge in [0.05, 0.1) is 12.0 Å². The maximum Gasteiger partial charge on any atom is 0.0669 e. The molecule has 0 aliphatic carbocycles. The summed E-state index contributed by atoms with van der Waals surface area (Å²) >= 11 is 5.59. The molecule has 1 rings (SSSR count). The Kier molecular flexibility index (Phi) is 4.27. The minimum Gasteiger partial charge on any atom is -0.298 e. The molecule has 0 N–H and O–H groups in total. The molecule has 1 unspecified atom stereocenters. The van der Waals surface area contributed by atoms with Crippen LogP contribution in [0, 0.1) is 17.2 Å². The molecule has 1 fully saturated rings. The third-order valence-corrected chi connectivity index (χ3v) is 2.72. The topological polar surface area (TPSA) is 27.0 Å². The van der Waals surface area contributed by atoms with E-state index in [4.69, 9.17) is 16.9 Å². The fourth-order valence-corrected chi connectivity index (χ4v) is 1.76. The zero-order chi connectivity index (χ0) is 9.68. The van der Waals surface area contributed by atoms with Crippen LogP contribution in [0.5, 0.6) is 0 Å². The summed E-state index contributed by atoms with van der Waals surface area (Å²) in [6.45, 7) is 4.92. The highest BCUT2D eigenvalue weighted by molar-refractivity contribution is 6.25. The van der Waals surface area contributed by atoms with Gasteiger partial charge in [0, 0.05) is 18.6 Å². The maximum atomic E-state index is 8.78. The first-order chi connectivity index (χ1) is 6.26. The second-order valence-electron chi connectivity index (χ2n) is 3.66. The van der Waals surface area contributed by atoms with Crippen LogP contribution in [0.2, 0.25) is 0 Å². The Morgan fingerprint density at radius 2 is 2.54 bits per heavy atom. The van der Waals surface area contributed by atoms with Gasteiger partial charge in [-0.1, -0.05) is 11.6 Å². The lowest BCUT2D eigenvalue weighted by atomic mass is 9.99. The monoisotopic (exact) mass is 198 g/mol. The lowest BCUT2D eigenvalue weighted by Crippen LogP contribution is -2.35. The number of halogens is 1. The van der Waals surface area contributed by atoms with E-state index in [0.717, 1.165) is 32.5 Å². The van der Waals surface area contributed by atoms with Crippen molar-refractivity contribution in [3.8, 4) is 6.07 Å². The standard InChI is InChI=1S/C10H15ClN2/c1-9(5-11)7-13-4-2-3-10(6-12)8-13/h5,10H,2-4,7-8H2,1H3. The van der Waals surface area contributed by atoms with Crippen molar-refractivity contribution in [3.63, 3.8) is 0 Å². The minimum atomic E-state index is 0.219. The normalized spacial score (nSPS) is 25.6. The Hall–Kier alpha value is -0.520. The van der Waals surface area contributed by atoms with E-state index in [1.54, 1.807) is 5.54 Å². The van der Waals surface area contributed by atoms with Crippen LogP contribution in [0.1, 0.15) is 19.8 Å². The minimum absolute atomic E-state index is 0.219. The number of likely N-dealkylation sites (tertiary alicyclic amines) is 1. The van der Waals surface area contributed by atoms with E-state index in [9.17, 15) is 0 Å². The summed E-state index contributed by atoms with van der Waals surface area (Å²) in [5.41, 5.74) is 2.79. The fourth-order valence-electron chi connectivity index (χ4n) is 1.69. The van der Waals surface area contributed by atoms with Crippen molar-refractivity contribution < 1.29 is 0 Å². The van der Waals surface area contributed by atoms with Crippen LogP contribution >= 0.6 is 11.6 Å². The molecular weight excluding hydrogens is 184 g/mol. The molecule has 1 heterocycles. The molecule has 0 radical (unpaired) electrons. The first kappa shape index (κ1) is 10.6. The highest BCUT2D eigenvalue weighted by atomic mass is 35.5. The van der Waals surface area contributed by atoms with Crippen LogP contribution in [0.3, 0.4) is 0 Å². The van der Waals surface area contributed by atoms with Gasteiger partial charge in [-0.2, -0.15) is 5.26 Å². The molecule has 0 aromatic carbocycles. The van der Waals surface area contributed by atoms with E-state index in [0.29, 0.717) is 0 Å². The Bertz CT molecular complexity index is 230. The molecule has 0 spiro atoms. The Labute approximate surface area is 84.8 Å². The summed E-state index contributed by atoms with van der Waals surface area (Å²) in [5.74, 6) is 0.219. The van der Waals surface area contributed by atoms with Gasteiger partial charge in [0.15, 0.2) is 0 Å². The summed E-state index contributed by atoms with van der Waals surface area (Å²) in [6, 6.07) is 2.33. The lowest BCUT2D eigenvalue weighted by molar-refractivity contribution is 0.215. The predicted molar refractivity (Wildman–Crippen MR) is 54.4 cm³/mol. The van der Waals surface area contributed by atoms with Crippen LogP contribution in [0.15, 0.2) is 11.1 Å². The molecule has 1 saturated heterocycles. The zero-order valence-corrected chi connectivity index (χ0v) is 8.72. The van der Waals surface area contributed by atoms with Gasteiger partial charge < -0.3 is 0 Å². The second-order valence-corrected chi connectivity index (χ2v) is 3.88. The van der Waals surface area contributed by atoms with Crippen LogP contribution < -0.4 is 0 Å². The molecule has 72 valence electrons. The van der Waals surface area contributed by atoms with Crippen molar-refractivity contribution >= 4 is 11.6 Å². The van der Waals surface area contributed by atoms with Crippen molar-refractivity contribution in [2.24, 2.45) is 5.92 Å². The molecule has 1 aliphatic rings. The number of nitriles is 1. The maximum absolute atomic E-state index is 8.78. The molecule has 0 saturated carbocycles. The van der Waals surface area contributed by atoms with Crippen LogP contribution in [0.25, 0.3) is 0 Å². The van der Waals surface area contributed by atoms with Crippen molar-refractivity contribution in [1.29, 1.82) is 5.26 Å². The summed E-state index contributed by atoms with van der Waals surface area (Å²) in [5, 5.41) is 8.78. The number of nitrogens with zero attached hydrogens (tertiary/aromatic N) is 2. The Balaban J connectivity index is 2.39. The van der Waals surface area contributed by atoms with E-state index in [1.807, 2.05) is 6.92 Å². The van der Waals surface area contributed by atoms with E-state index in [1.165, 1.54) is 5.57 Å². The van der Waals surface area contributed by atoms with Crippen LogP contribution in [0.4, 0.5) is 0 Å². The third kappa shape index (κ3) is 3.38. The first-order valence-electron chi connectivity index (χ1n) is 4.64. The highest BCUT2D eigenvalue weighted by Crippen LogP contribution is 2.16. The van der Waals surface area contributed by atoms with Crippen LogP contribution in [-0.2, 0) is 0 Å². The molecular formula is C10H15ClN2. The smallest absolute Gasteiger partial charge is 0.0669 e. The fraction of sp³-hybridized carbons (Fsp3) is 0.700. The quantitative estimate of drug-likeness (QED) is 0.681. The van der Waals surface area contributed by atoms with Gasteiger partial charge >= 0.3 is 0 Å². The van der Waals surface area contributed by atoms with Gasteiger partial charge in [-0.15, -0.1) is 0 Å². The van der Waals surface area contributed by atoms with Crippen molar-refractivity contribution in [3.05, 3.63) is 11.1 Å². The molecule has 0 aromatic rings. The molecule has 1 atom stereocenters. The summed E-state index contributed by atoms with van der Waals surface area (Å²) in [4.78, 5) is 2.30. The van der Waals surface area contributed by atoms with Crippen LogP contribution in [-0.4, -0.2) is 24.5 Å². The molecule has 1 aliphatic heterocycles. The van der Waals surface area contributed by atoms with Gasteiger partial charge in [0.2, 0.25) is 0 Å². The summed E-state index contributed by atoms with van der Waals surface area (Å²) < 4.78 is 0. The number of hydrogen-bond donors (Lipinski definition) is 0. The SMILES string of the molecule is CC(=CCl)CN1CCCC(C#N)C1. The zero-order valence-electron chi connectivity index (χ0n) is 7.96. The van der Waals surface area contributed by atoms with E-state index in [-0.39, 0.29) is 5.92 Å². The van der Waals surface area contributed by atoms with Crippen molar-refractivity contribution in [2.75, 3.05) is 19.6 Å². The highest BCUT2D eigenvalue weighted by Gasteiger charge is 2.18. The average molecular weight is 199 g/mol. The number of rotatable bonds is 2. The predicted octanol–water partition coefficient (Wildman–Crippen LogP) is 2.36. The van der Waals surface area contributed by atoms with Gasteiger partial charge in [-0.05, 0) is 31.9 Å². The third-order valence-electron chi connectivity index (χ3n) is 2.35. The molecule has 0 amide bonds. The number of hydrogen-bond acceptors (Lipinski definition) is 2. The van der Waals surface area contributed by atoms with Gasteiger partial charge in [0.25, 0.3) is 0 Å². The van der Waals surface area contributed by atoms with E-state index < -0.39 is 0 Å². The average Bonchev–Trinajstić information content (AvgIpc) is 2.18. The first-order valence-corrected chi connectivity index (χ1v) is 5.07. The second kappa shape index (κ2) is 5.26. The van der Waals surface area contributed by atoms with Crippen molar-refractivity contribution in [2.45, 2.75) is 19.8 Å². The Morgan fingerprint density at radius 3 is 3.15 bits per heavy atom. The molecule has 2 nitrogen and oxygen atoms in total. The summed E-state index contributed by atoms with van der Waals surface area (Å²) in [6.07, 6.45) is 2.18. The number of piperidine rings is 1. The summed E-state index contributed by atoms with van der Waals surface area (Å²) in [7, 11) is 0. The van der Waals surface area contributed by atoms with E-state index in [2.05, 4.69) is 11.0 Å². The largest absolute Gasteiger partial charge is 0.298 e. The molecule has 0 aromatic heterocycles. The molecule has 0 bridgehead atoms. The van der Waals surface area contributed by atoms with Gasteiger partial charge in [0.1, 0.15) is 0 Å². The Morgan fingerprint density at radius 1 is 1.77 bits per heavy atom. The lowest BCUT2D eigenvalue weighted by Gasteiger charge is -2.29. The van der Waals surface area contributed by atoms with Gasteiger partial charge in [-0.3, -0.25) is 4.90 Å². The molecule has 13 heavy (non-hydrogen) atoms. The van der Waals surface area contributed by atoms with E-state index >= 15 is 0 Å². The molecule has 3 heteroatoms. The van der Waals surface area contributed by atoms with Crippen molar-refractivity contribution in [1.82, 2.24) is 4.90 Å². The van der Waals surface area contributed by atoms with Gasteiger partial charge in [-0.25, -0.2) is 0 Å².